The van der Waals surface area contributed by atoms with Crippen LogP contribution in [0.25, 0.3) is 0 Å². The van der Waals surface area contributed by atoms with Gasteiger partial charge in [-0.1, -0.05) is 0 Å². The first-order chi connectivity index (χ1) is 8.67. The molecule has 98 valence electrons. The molecule has 0 radical (unpaired) electrons. The van der Waals surface area contributed by atoms with E-state index < -0.39 is 12.1 Å². The fourth-order valence-corrected chi connectivity index (χ4v) is 2.41. The highest BCUT2D eigenvalue weighted by atomic mass is 16.5. The van der Waals surface area contributed by atoms with Crippen LogP contribution in [0.2, 0.25) is 0 Å². The number of hydrogen-bond donors (Lipinski definition) is 1. The summed E-state index contributed by atoms with van der Waals surface area (Å²) >= 11 is 0. The number of aliphatic hydroxyl groups excluding tert-OH is 1. The van der Waals surface area contributed by atoms with Crippen molar-refractivity contribution in [3.8, 4) is 5.75 Å². The third-order valence-electron chi connectivity index (χ3n) is 3.41. The zero-order valence-corrected chi connectivity index (χ0v) is 10.7. The Morgan fingerprint density at radius 3 is 2.39 bits per heavy atom. The van der Waals surface area contributed by atoms with Gasteiger partial charge in [0.1, 0.15) is 5.75 Å². The summed E-state index contributed by atoms with van der Waals surface area (Å²) in [7, 11) is 2.80. The predicted molar refractivity (Wildman–Crippen MR) is 66.6 cm³/mol. The molecule has 1 N–H and O–H groups in total. The number of esters is 1. The fourth-order valence-electron chi connectivity index (χ4n) is 2.41. The summed E-state index contributed by atoms with van der Waals surface area (Å²) in [6.45, 7) is 0. The molecular weight excluding hydrogens is 232 g/mol. The molecule has 0 fully saturated rings. The Hall–Kier alpha value is -1.55. The van der Waals surface area contributed by atoms with Crippen LogP contribution in [0, 0.1) is 0 Å². The summed E-state index contributed by atoms with van der Waals surface area (Å²) < 4.78 is 9.82. The van der Waals surface area contributed by atoms with Gasteiger partial charge in [0.2, 0.25) is 0 Å². The number of methoxy groups -OCH3 is 2. The van der Waals surface area contributed by atoms with Crippen LogP contribution in [-0.4, -0.2) is 25.3 Å². The molecule has 4 nitrogen and oxygen atoms in total. The van der Waals surface area contributed by atoms with Gasteiger partial charge in [0.25, 0.3) is 0 Å². The number of carbonyl (C=O) groups excluding carboxylic acids is 1. The topological polar surface area (TPSA) is 55.8 Å². The Labute approximate surface area is 107 Å². The van der Waals surface area contributed by atoms with Crippen LogP contribution < -0.4 is 4.74 Å². The molecule has 0 aliphatic heterocycles. The molecule has 1 aliphatic rings. The lowest BCUT2D eigenvalue weighted by Crippen LogP contribution is -2.16. The van der Waals surface area contributed by atoms with E-state index in [0.29, 0.717) is 11.3 Å². The summed E-state index contributed by atoms with van der Waals surface area (Å²) in [5.41, 5.74) is 2.93. The van der Waals surface area contributed by atoms with E-state index in [9.17, 15) is 9.90 Å². The van der Waals surface area contributed by atoms with Crippen molar-refractivity contribution in [3.05, 3.63) is 28.8 Å². The standard InChI is InChI=1S/C14H18O4/c1-17-12-8-10-6-4-3-5-9(10)7-11(12)13(15)14(16)18-2/h7-8,13,15H,3-6H2,1-2H3. The van der Waals surface area contributed by atoms with Gasteiger partial charge >= 0.3 is 5.97 Å². The molecule has 0 amide bonds. The third-order valence-corrected chi connectivity index (χ3v) is 3.41. The van der Waals surface area contributed by atoms with Crippen molar-refractivity contribution in [3.63, 3.8) is 0 Å². The fraction of sp³-hybridized carbons (Fsp3) is 0.500. The van der Waals surface area contributed by atoms with Gasteiger partial charge in [0, 0.05) is 5.56 Å². The van der Waals surface area contributed by atoms with E-state index >= 15 is 0 Å². The first-order valence-corrected chi connectivity index (χ1v) is 6.13. The lowest BCUT2D eigenvalue weighted by atomic mass is 9.89. The minimum absolute atomic E-state index is 0.491. The number of benzene rings is 1. The van der Waals surface area contributed by atoms with Crippen molar-refractivity contribution in [1.29, 1.82) is 0 Å². The van der Waals surface area contributed by atoms with Crippen LogP contribution in [-0.2, 0) is 22.4 Å². The Morgan fingerprint density at radius 1 is 1.22 bits per heavy atom. The Kier molecular flexibility index (Phi) is 3.87. The Morgan fingerprint density at radius 2 is 1.83 bits per heavy atom. The number of carbonyl (C=O) groups is 1. The highest BCUT2D eigenvalue weighted by Gasteiger charge is 2.24. The maximum Gasteiger partial charge on any atom is 0.339 e. The van der Waals surface area contributed by atoms with Crippen molar-refractivity contribution in [2.45, 2.75) is 31.8 Å². The van der Waals surface area contributed by atoms with Crippen LogP contribution in [0.15, 0.2) is 12.1 Å². The monoisotopic (exact) mass is 250 g/mol. The van der Waals surface area contributed by atoms with E-state index in [-0.39, 0.29) is 0 Å². The summed E-state index contributed by atoms with van der Waals surface area (Å²) in [6.07, 6.45) is 3.06. The van der Waals surface area contributed by atoms with E-state index in [1.54, 1.807) is 0 Å². The van der Waals surface area contributed by atoms with Crippen molar-refractivity contribution in [1.82, 2.24) is 0 Å². The van der Waals surface area contributed by atoms with Crippen molar-refractivity contribution >= 4 is 5.97 Å². The molecule has 1 atom stereocenters. The molecule has 1 aromatic rings. The minimum atomic E-state index is -1.28. The van der Waals surface area contributed by atoms with Crippen LogP contribution in [0.1, 0.15) is 35.6 Å². The Bertz CT molecular complexity index is 453. The lowest BCUT2D eigenvalue weighted by Gasteiger charge is -2.20. The molecule has 0 bridgehead atoms. The zero-order valence-electron chi connectivity index (χ0n) is 10.7. The van der Waals surface area contributed by atoms with Crippen LogP contribution >= 0.6 is 0 Å². The van der Waals surface area contributed by atoms with Gasteiger partial charge in [0.05, 0.1) is 14.2 Å². The molecule has 0 saturated carbocycles. The molecule has 0 saturated heterocycles. The normalized spacial score (nSPS) is 15.7. The van der Waals surface area contributed by atoms with Crippen LogP contribution in [0.5, 0.6) is 5.75 Å². The number of ether oxygens (including phenoxy) is 2. The third kappa shape index (κ3) is 2.34. The number of rotatable bonds is 3. The summed E-state index contributed by atoms with van der Waals surface area (Å²) in [6, 6.07) is 3.80. The molecule has 0 aromatic heterocycles. The van der Waals surface area contributed by atoms with Gasteiger partial charge in [-0.25, -0.2) is 4.79 Å². The van der Waals surface area contributed by atoms with Gasteiger partial charge in [-0.05, 0) is 48.9 Å². The largest absolute Gasteiger partial charge is 0.496 e. The maximum absolute atomic E-state index is 11.4. The van der Waals surface area contributed by atoms with E-state index in [4.69, 9.17) is 4.74 Å². The molecular formula is C14H18O4. The molecule has 18 heavy (non-hydrogen) atoms. The second-order valence-electron chi connectivity index (χ2n) is 4.50. The van der Waals surface area contributed by atoms with Crippen LogP contribution in [0.3, 0.4) is 0 Å². The minimum Gasteiger partial charge on any atom is -0.496 e. The molecule has 4 heteroatoms. The second kappa shape index (κ2) is 5.40. The summed E-state index contributed by atoms with van der Waals surface area (Å²) in [5, 5.41) is 9.95. The van der Waals surface area contributed by atoms with Crippen LogP contribution in [0.4, 0.5) is 0 Å². The Balaban J connectivity index is 2.42. The number of hydrogen-bond acceptors (Lipinski definition) is 4. The van der Waals surface area contributed by atoms with E-state index in [1.807, 2.05) is 12.1 Å². The van der Waals surface area contributed by atoms with E-state index in [0.717, 1.165) is 19.3 Å². The molecule has 0 heterocycles. The lowest BCUT2D eigenvalue weighted by molar-refractivity contribution is -0.150. The van der Waals surface area contributed by atoms with Crippen molar-refractivity contribution in [2.75, 3.05) is 14.2 Å². The zero-order chi connectivity index (χ0) is 13.1. The van der Waals surface area contributed by atoms with Gasteiger partial charge in [-0.2, -0.15) is 0 Å². The number of aryl methyl sites for hydroxylation is 2. The molecule has 1 aromatic carbocycles. The first-order valence-electron chi connectivity index (χ1n) is 6.13. The van der Waals surface area contributed by atoms with Crippen molar-refractivity contribution < 1.29 is 19.4 Å². The maximum atomic E-state index is 11.4. The highest BCUT2D eigenvalue weighted by Crippen LogP contribution is 2.33. The second-order valence-corrected chi connectivity index (χ2v) is 4.50. The van der Waals surface area contributed by atoms with Gasteiger partial charge < -0.3 is 14.6 Å². The van der Waals surface area contributed by atoms with Gasteiger partial charge in [-0.15, -0.1) is 0 Å². The molecule has 0 spiro atoms. The van der Waals surface area contributed by atoms with Gasteiger partial charge in [0.15, 0.2) is 6.10 Å². The van der Waals surface area contributed by atoms with Gasteiger partial charge in [-0.3, -0.25) is 0 Å². The molecule has 1 unspecified atom stereocenters. The van der Waals surface area contributed by atoms with E-state index in [2.05, 4.69) is 4.74 Å². The molecule has 1 aliphatic carbocycles. The summed E-state index contributed by atoms with van der Waals surface area (Å²) in [4.78, 5) is 11.4. The summed E-state index contributed by atoms with van der Waals surface area (Å²) in [5.74, 6) is -0.113. The highest BCUT2D eigenvalue weighted by molar-refractivity contribution is 5.77. The van der Waals surface area contributed by atoms with E-state index in [1.165, 1.54) is 31.8 Å². The molecule has 2 rings (SSSR count). The average molecular weight is 250 g/mol. The predicted octanol–water partition coefficient (Wildman–Crippen LogP) is 1.78. The average Bonchev–Trinajstić information content (AvgIpc) is 2.44. The quantitative estimate of drug-likeness (QED) is 0.831. The first kappa shape index (κ1) is 12.9. The number of fused-ring (bicyclic) bond motifs is 1. The SMILES string of the molecule is COC(=O)C(O)c1cc2c(cc1OC)CCCC2. The van der Waals surface area contributed by atoms with Crippen molar-refractivity contribution in [2.24, 2.45) is 0 Å². The number of aliphatic hydroxyl groups is 1. The smallest absolute Gasteiger partial charge is 0.339 e.